The molecule has 1 atom stereocenters. The first-order chi connectivity index (χ1) is 15.7. The van der Waals surface area contributed by atoms with Crippen molar-refractivity contribution in [2.45, 2.75) is 32.2 Å². The summed E-state index contributed by atoms with van der Waals surface area (Å²) in [4.78, 5) is 29.0. The quantitative estimate of drug-likeness (QED) is 0.223. The van der Waals surface area contributed by atoms with Gasteiger partial charge < -0.3 is 19.9 Å². The molecule has 1 amide bonds. The molecule has 1 heterocycles. The molecule has 0 aliphatic carbocycles. The minimum absolute atomic E-state index is 0.0102. The molecule has 1 fully saturated rings. The molecular weight excluding hydrogens is 444 g/mol. The van der Waals surface area contributed by atoms with Gasteiger partial charge in [0.05, 0.1) is 29.4 Å². The summed E-state index contributed by atoms with van der Waals surface area (Å²) in [6, 6.07) is 8.05. The summed E-state index contributed by atoms with van der Waals surface area (Å²) in [6.45, 7) is 3.36. The number of hydrogen-bond donors (Lipinski definition) is 1. The van der Waals surface area contributed by atoms with Gasteiger partial charge in [-0.25, -0.2) is 13.2 Å². The lowest BCUT2D eigenvalue weighted by Gasteiger charge is -2.28. The Hall–Kier alpha value is -2.90. The normalized spacial score (nSPS) is 17.4. The van der Waals surface area contributed by atoms with Crippen LogP contribution in [-0.2, 0) is 19.4 Å². The molecule has 10 heteroatoms. The second-order valence-corrected chi connectivity index (χ2v) is 10.5. The van der Waals surface area contributed by atoms with Crippen LogP contribution in [0.5, 0.6) is 0 Å². The maximum atomic E-state index is 12.9. The minimum Gasteiger partial charge on any atom is -0.462 e. The van der Waals surface area contributed by atoms with Crippen LogP contribution >= 0.6 is 0 Å². The first kappa shape index (κ1) is 26.4. The molecule has 9 nitrogen and oxygen atoms in total. The molecule has 0 saturated carbocycles. The lowest BCUT2D eigenvalue weighted by molar-refractivity contribution is -0.112. The number of ether oxygens (including phenoxy) is 1. The second-order valence-electron chi connectivity index (χ2n) is 8.24. The Morgan fingerprint density at radius 2 is 2.00 bits per heavy atom. The Bertz CT molecular complexity index is 1010. The van der Waals surface area contributed by atoms with Crippen LogP contribution in [0.2, 0.25) is 0 Å². The summed E-state index contributed by atoms with van der Waals surface area (Å²) in [6.07, 6.45) is 3.49. The van der Waals surface area contributed by atoms with Crippen molar-refractivity contribution in [3.8, 4) is 6.07 Å². The number of hydrogen-bond acceptors (Lipinski definition) is 8. The van der Waals surface area contributed by atoms with Gasteiger partial charge in [-0.05, 0) is 39.1 Å². The van der Waals surface area contributed by atoms with Crippen molar-refractivity contribution in [1.82, 2.24) is 9.80 Å². The fraction of sp³-hybridized carbons (Fsp3) is 0.522. The molecule has 1 aliphatic rings. The number of anilines is 1. The van der Waals surface area contributed by atoms with Crippen molar-refractivity contribution in [3.63, 3.8) is 0 Å². The topological polar surface area (TPSA) is 120 Å². The fourth-order valence-corrected chi connectivity index (χ4v) is 5.10. The zero-order valence-corrected chi connectivity index (χ0v) is 20.2. The lowest BCUT2D eigenvalue weighted by atomic mass is 10.1. The molecule has 1 aromatic rings. The van der Waals surface area contributed by atoms with E-state index in [0.717, 1.165) is 12.8 Å². The van der Waals surface area contributed by atoms with Gasteiger partial charge >= 0.3 is 5.97 Å². The Balaban J connectivity index is 2.22. The maximum Gasteiger partial charge on any atom is 0.340 e. The van der Waals surface area contributed by atoms with Crippen LogP contribution in [0.15, 0.2) is 36.0 Å². The molecule has 1 saturated heterocycles. The molecular formula is C23H32N4O5S. The number of amides is 1. The van der Waals surface area contributed by atoms with E-state index in [1.807, 2.05) is 32.0 Å². The van der Waals surface area contributed by atoms with Crippen LogP contribution in [0, 0.1) is 11.3 Å². The van der Waals surface area contributed by atoms with Crippen molar-refractivity contribution in [3.05, 3.63) is 41.6 Å². The number of esters is 1. The number of para-hydroxylation sites is 1. The molecule has 1 unspecified atom stereocenters. The number of benzene rings is 1. The van der Waals surface area contributed by atoms with Crippen molar-refractivity contribution < 1.29 is 22.7 Å². The van der Waals surface area contributed by atoms with E-state index in [1.54, 1.807) is 29.2 Å². The van der Waals surface area contributed by atoms with E-state index >= 15 is 0 Å². The predicted molar refractivity (Wildman–Crippen MR) is 126 cm³/mol. The highest BCUT2D eigenvalue weighted by molar-refractivity contribution is 7.91. The number of nitrogens with zero attached hydrogens (tertiary/aromatic N) is 3. The van der Waals surface area contributed by atoms with Gasteiger partial charge in [-0.3, -0.25) is 4.79 Å². The minimum atomic E-state index is -3.13. The van der Waals surface area contributed by atoms with Crippen molar-refractivity contribution in [2.75, 3.05) is 50.6 Å². The summed E-state index contributed by atoms with van der Waals surface area (Å²) < 4.78 is 29.2. The largest absolute Gasteiger partial charge is 0.462 e. The third-order valence-electron chi connectivity index (χ3n) is 5.27. The predicted octanol–water partition coefficient (Wildman–Crippen LogP) is 2.04. The number of nitrogens with one attached hydrogen (secondary N) is 1. The Labute approximate surface area is 195 Å². The Kier molecular flexibility index (Phi) is 9.88. The monoisotopic (exact) mass is 476 g/mol. The number of likely N-dealkylation sites (N-methyl/N-ethyl adjacent to an activating group) is 1. The van der Waals surface area contributed by atoms with Crippen LogP contribution in [0.4, 0.5) is 5.69 Å². The SMILES string of the molecule is CCCCOC(=O)c1ccccc1NC(=O)/C(C#N)=C\N(CCN(C)C)C1CCS(=O)(=O)C1. The lowest BCUT2D eigenvalue weighted by Crippen LogP contribution is -2.37. The number of nitriles is 1. The van der Waals surface area contributed by atoms with Gasteiger partial charge in [0.15, 0.2) is 9.84 Å². The molecule has 0 spiro atoms. The van der Waals surface area contributed by atoms with Crippen molar-refractivity contribution in [2.24, 2.45) is 0 Å². The summed E-state index contributed by atoms with van der Waals surface area (Å²) >= 11 is 0. The second kappa shape index (κ2) is 12.4. The van der Waals surface area contributed by atoms with Crippen LogP contribution in [-0.4, -0.2) is 81.4 Å². The highest BCUT2D eigenvalue weighted by Crippen LogP contribution is 2.21. The third-order valence-corrected chi connectivity index (χ3v) is 7.02. The van der Waals surface area contributed by atoms with Gasteiger partial charge in [0.25, 0.3) is 5.91 Å². The first-order valence-electron chi connectivity index (χ1n) is 11.0. The van der Waals surface area contributed by atoms with Crippen LogP contribution in [0.3, 0.4) is 0 Å². The zero-order chi connectivity index (χ0) is 24.4. The van der Waals surface area contributed by atoms with Crippen LogP contribution < -0.4 is 5.32 Å². The van der Waals surface area contributed by atoms with Crippen LogP contribution in [0.25, 0.3) is 0 Å². The first-order valence-corrected chi connectivity index (χ1v) is 12.8. The smallest absolute Gasteiger partial charge is 0.340 e. The van der Waals surface area contributed by atoms with E-state index in [1.165, 1.54) is 6.20 Å². The molecule has 1 aromatic carbocycles. The number of carbonyl (C=O) groups excluding carboxylic acids is 2. The number of carbonyl (C=O) groups is 2. The molecule has 1 N–H and O–H groups in total. The standard InChI is InChI=1S/C23H32N4O5S/c1-4-5-13-32-23(29)20-8-6-7-9-21(20)25-22(28)18(15-24)16-27(12-11-26(2)3)19-10-14-33(30,31)17-19/h6-9,16,19H,4-5,10-14,17H2,1-3H3,(H,25,28)/b18-16-. The fourth-order valence-electron chi connectivity index (χ4n) is 3.36. The van der Waals surface area contributed by atoms with E-state index in [0.29, 0.717) is 19.5 Å². The number of unbranched alkanes of at least 4 members (excludes halogenated alkanes) is 1. The Morgan fingerprint density at radius 1 is 1.27 bits per heavy atom. The molecule has 2 rings (SSSR count). The van der Waals surface area contributed by atoms with Gasteiger partial charge in [-0.2, -0.15) is 5.26 Å². The molecule has 0 aromatic heterocycles. The highest BCUT2D eigenvalue weighted by Gasteiger charge is 2.31. The number of sulfone groups is 1. The highest BCUT2D eigenvalue weighted by atomic mass is 32.2. The van der Waals surface area contributed by atoms with Crippen molar-refractivity contribution >= 4 is 27.4 Å². The summed E-state index contributed by atoms with van der Waals surface area (Å²) in [5, 5.41) is 12.3. The van der Waals surface area contributed by atoms with Gasteiger partial charge in [0, 0.05) is 25.3 Å². The third kappa shape index (κ3) is 8.18. The van der Waals surface area contributed by atoms with Gasteiger partial charge in [0.2, 0.25) is 0 Å². The van der Waals surface area contributed by atoms with E-state index in [9.17, 15) is 23.3 Å². The molecule has 0 radical (unpaired) electrons. The maximum absolute atomic E-state index is 12.9. The van der Waals surface area contributed by atoms with Gasteiger partial charge in [-0.1, -0.05) is 25.5 Å². The molecule has 1 aliphatic heterocycles. The average Bonchev–Trinajstić information content (AvgIpc) is 3.13. The zero-order valence-electron chi connectivity index (χ0n) is 19.4. The molecule has 33 heavy (non-hydrogen) atoms. The van der Waals surface area contributed by atoms with Crippen molar-refractivity contribution in [1.29, 1.82) is 5.26 Å². The van der Waals surface area contributed by atoms with E-state index in [4.69, 9.17) is 4.74 Å². The van der Waals surface area contributed by atoms with Gasteiger partial charge in [0.1, 0.15) is 11.6 Å². The number of rotatable bonds is 11. The summed E-state index contributed by atoms with van der Waals surface area (Å²) in [5.41, 5.74) is 0.270. The van der Waals surface area contributed by atoms with Gasteiger partial charge in [-0.15, -0.1) is 0 Å². The van der Waals surface area contributed by atoms with E-state index in [2.05, 4.69) is 5.32 Å². The molecule has 0 bridgehead atoms. The van der Waals surface area contributed by atoms with E-state index < -0.39 is 21.7 Å². The Morgan fingerprint density at radius 3 is 2.61 bits per heavy atom. The summed E-state index contributed by atoms with van der Waals surface area (Å²) in [5.74, 6) is -1.15. The average molecular weight is 477 g/mol. The van der Waals surface area contributed by atoms with Crippen LogP contribution in [0.1, 0.15) is 36.5 Å². The molecule has 180 valence electrons. The van der Waals surface area contributed by atoms with E-state index in [-0.39, 0.29) is 41.0 Å². The summed E-state index contributed by atoms with van der Waals surface area (Å²) in [7, 11) is 0.647.